The standard InChI is InChI=1S/C17H25NO5/c1-5-17(6-2,16(20)21)11-18-15(19)10-12-9-13(22-3)7-8-14(12)23-4/h7-9H,5-6,10-11H2,1-4H3,(H,18,19)(H,20,21). The van der Waals surface area contributed by atoms with Gasteiger partial charge in [-0.05, 0) is 31.0 Å². The highest BCUT2D eigenvalue weighted by Gasteiger charge is 2.35. The number of hydrogen-bond donors (Lipinski definition) is 2. The van der Waals surface area contributed by atoms with Crippen molar-refractivity contribution in [2.75, 3.05) is 20.8 Å². The molecule has 0 unspecified atom stereocenters. The number of amides is 1. The van der Waals surface area contributed by atoms with Crippen LogP contribution in [0, 0.1) is 5.41 Å². The minimum atomic E-state index is -0.922. The number of aliphatic carboxylic acids is 1. The van der Waals surface area contributed by atoms with Gasteiger partial charge in [0.2, 0.25) is 5.91 Å². The number of benzene rings is 1. The van der Waals surface area contributed by atoms with Gasteiger partial charge in [-0.25, -0.2) is 0 Å². The lowest BCUT2D eigenvalue weighted by Gasteiger charge is -2.26. The van der Waals surface area contributed by atoms with E-state index in [9.17, 15) is 14.7 Å². The molecule has 0 saturated heterocycles. The van der Waals surface area contributed by atoms with Gasteiger partial charge in [0.1, 0.15) is 11.5 Å². The minimum Gasteiger partial charge on any atom is -0.497 e. The van der Waals surface area contributed by atoms with Gasteiger partial charge >= 0.3 is 5.97 Å². The van der Waals surface area contributed by atoms with Crippen molar-refractivity contribution in [3.63, 3.8) is 0 Å². The molecule has 0 radical (unpaired) electrons. The zero-order valence-corrected chi connectivity index (χ0v) is 14.1. The highest BCUT2D eigenvalue weighted by atomic mass is 16.5. The van der Waals surface area contributed by atoms with E-state index in [1.807, 2.05) is 13.8 Å². The van der Waals surface area contributed by atoms with Crippen LogP contribution in [0.4, 0.5) is 0 Å². The largest absolute Gasteiger partial charge is 0.497 e. The van der Waals surface area contributed by atoms with Crippen LogP contribution < -0.4 is 14.8 Å². The summed E-state index contributed by atoms with van der Waals surface area (Å²) in [4.78, 5) is 23.6. The maximum absolute atomic E-state index is 12.2. The number of hydrogen-bond acceptors (Lipinski definition) is 4. The molecule has 6 heteroatoms. The molecule has 0 saturated carbocycles. The molecule has 0 bridgehead atoms. The molecule has 23 heavy (non-hydrogen) atoms. The molecular weight excluding hydrogens is 298 g/mol. The third kappa shape index (κ3) is 4.61. The number of carboxylic acid groups (broad SMARTS) is 1. The van der Waals surface area contributed by atoms with Gasteiger partial charge in [-0.3, -0.25) is 9.59 Å². The average molecular weight is 323 g/mol. The van der Waals surface area contributed by atoms with Gasteiger partial charge in [-0.2, -0.15) is 0 Å². The van der Waals surface area contributed by atoms with Crippen LogP contribution in [0.25, 0.3) is 0 Å². The van der Waals surface area contributed by atoms with Crippen molar-refractivity contribution in [1.29, 1.82) is 0 Å². The Balaban J connectivity index is 2.79. The summed E-state index contributed by atoms with van der Waals surface area (Å²) in [5, 5.41) is 12.1. The maximum Gasteiger partial charge on any atom is 0.311 e. The molecular formula is C17H25NO5. The number of carbonyl (C=O) groups excluding carboxylic acids is 1. The number of methoxy groups -OCH3 is 2. The maximum atomic E-state index is 12.2. The molecule has 0 aliphatic carbocycles. The van der Waals surface area contributed by atoms with Crippen molar-refractivity contribution in [3.8, 4) is 11.5 Å². The van der Waals surface area contributed by atoms with Crippen LogP contribution in [0.3, 0.4) is 0 Å². The van der Waals surface area contributed by atoms with E-state index in [1.54, 1.807) is 25.3 Å². The fourth-order valence-corrected chi connectivity index (χ4v) is 2.40. The third-order valence-corrected chi connectivity index (χ3v) is 4.27. The first-order valence-electron chi connectivity index (χ1n) is 7.63. The Hall–Kier alpha value is -2.24. The van der Waals surface area contributed by atoms with E-state index in [0.717, 1.165) is 0 Å². The van der Waals surface area contributed by atoms with Gasteiger partial charge < -0.3 is 19.9 Å². The van der Waals surface area contributed by atoms with Crippen LogP contribution in [0.5, 0.6) is 11.5 Å². The molecule has 0 aliphatic rings. The Kier molecular flexibility index (Phi) is 6.88. The monoisotopic (exact) mass is 323 g/mol. The summed E-state index contributed by atoms with van der Waals surface area (Å²) >= 11 is 0. The van der Waals surface area contributed by atoms with Gasteiger partial charge in [0.25, 0.3) is 0 Å². The highest BCUT2D eigenvalue weighted by molar-refractivity contribution is 5.81. The Labute approximate surface area is 136 Å². The molecule has 6 nitrogen and oxygen atoms in total. The van der Waals surface area contributed by atoms with Crippen LogP contribution in [0.1, 0.15) is 32.3 Å². The first-order valence-corrected chi connectivity index (χ1v) is 7.63. The van der Waals surface area contributed by atoms with Crippen molar-refractivity contribution >= 4 is 11.9 Å². The molecule has 0 atom stereocenters. The molecule has 0 aromatic heterocycles. The van der Waals surface area contributed by atoms with E-state index in [4.69, 9.17) is 9.47 Å². The molecule has 2 N–H and O–H groups in total. The predicted octanol–water partition coefficient (Wildman–Crippen LogP) is 2.25. The quantitative estimate of drug-likeness (QED) is 0.728. The molecule has 0 heterocycles. The molecule has 0 fully saturated rings. The van der Waals surface area contributed by atoms with E-state index in [0.29, 0.717) is 29.9 Å². The van der Waals surface area contributed by atoms with E-state index in [1.165, 1.54) is 7.11 Å². The molecule has 0 aliphatic heterocycles. The van der Waals surface area contributed by atoms with Crippen molar-refractivity contribution in [2.45, 2.75) is 33.1 Å². The Morgan fingerprint density at radius 2 is 1.83 bits per heavy atom. The summed E-state index contributed by atoms with van der Waals surface area (Å²) in [6, 6.07) is 5.23. The zero-order chi connectivity index (χ0) is 17.5. The third-order valence-electron chi connectivity index (χ3n) is 4.27. The lowest BCUT2D eigenvalue weighted by molar-refractivity contribution is -0.149. The minimum absolute atomic E-state index is 0.101. The topological polar surface area (TPSA) is 84.9 Å². The number of carbonyl (C=O) groups is 2. The van der Waals surface area contributed by atoms with Crippen LogP contribution in [0.2, 0.25) is 0 Å². The van der Waals surface area contributed by atoms with E-state index >= 15 is 0 Å². The summed E-state index contributed by atoms with van der Waals surface area (Å²) in [6.45, 7) is 3.74. The van der Waals surface area contributed by atoms with Crippen LogP contribution in [0.15, 0.2) is 18.2 Å². The van der Waals surface area contributed by atoms with Crippen LogP contribution in [-0.4, -0.2) is 37.7 Å². The molecule has 1 amide bonds. The molecule has 128 valence electrons. The Morgan fingerprint density at radius 3 is 2.30 bits per heavy atom. The van der Waals surface area contributed by atoms with Crippen molar-refractivity contribution in [3.05, 3.63) is 23.8 Å². The number of carboxylic acids is 1. The highest BCUT2D eigenvalue weighted by Crippen LogP contribution is 2.26. The number of nitrogens with one attached hydrogen (secondary N) is 1. The number of rotatable bonds is 9. The normalized spacial score (nSPS) is 11.0. The van der Waals surface area contributed by atoms with Gasteiger partial charge in [-0.1, -0.05) is 13.8 Å². The summed E-state index contributed by atoms with van der Waals surface area (Å²) in [5.74, 6) is 0.0952. The van der Waals surface area contributed by atoms with Crippen LogP contribution >= 0.6 is 0 Å². The predicted molar refractivity (Wildman–Crippen MR) is 86.9 cm³/mol. The van der Waals surface area contributed by atoms with E-state index in [-0.39, 0.29) is 18.9 Å². The van der Waals surface area contributed by atoms with Gasteiger partial charge in [-0.15, -0.1) is 0 Å². The lowest BCUT2D eigenvalue weighted by atomic mass is 9.82. The first-order chi connectivity index (χ1) is 10.9. The first kappa shape index (κ1) is 18.8. The Morgan fingerprint density at radius 1 is 1.17 bits per heavy atom. The van der Waals surface area contributed by atoms with Crippen molar-refractivity contribution in [2.24, 2.45) is 5.41 Å². The molecule has 1 aromatic carbocycles. The second-order valence-electron chi connectivity index (χ2n) is 5.42. The fourth-order valence-electron chi connectivity index (χ4n) is 2.40. The summed E-state index contributed by atoms with van der Waals surface area (Å²) in [7, 11) is 3.09. The average Bonchev–Trinajstić information content (AvgIpc) is 2.55. The zero-order valence-electron chi connectivity index (χ0n) is 14.1. The van der Waals surface area contributed by atoms with E-state index in [2.05, 4.69) is 5.32 Å². The summed E-state index contributed by atoms with van der Waals surface area (Å²) < 4.78 is 10.4. The molecule has 1 rings (SSSR count). The number of ether oxygens (including phenoxy) is 2. The van der Waals surface area contributed by atoms with Crippen molar-refractivity contribution in [1.82, 2.24) is 5.32 Å². The second kappa shape index (κ2) is 8.41. The molecule has 1 aromatic rings. The molecule has 0 spiro atoms. The fraction of sp³-hybridized carbons (Fsp3) is 0.529. The SMILES string of the molecule is CCC(CC)(CNC(=O)Cc1cc(OC)ccc1OC)C(=O)O. The van der Waals surface area contributed by atoms with E-state index < -0.39 is 11.4 Å². The Bertz CT molecular complexity index is 552. The summed E-state index contributed by atoms with van der Waals surface area (Å²) in [6.07, 6.45) is 1.02. The smallest absolute Gasteiger partial charge is 0.311 e. The lowest BCUT2D eigenvalue weighted by Crippen LogP contribution is -2.42. The van der Waals surface area contributed by atoms with Gasteiger partial charge in [0, 0.05) is 12.1 Å². The van der Waals surface area contributed by atoms with Crippen LogP contribution in [-0.2, 0) is 16.0 Å². The summed E-state index contributed by atoms with van der Waals surface area (Å²) in [5.41, 5.74) is -0.230. The van der Waals surface area contributed by atoms with Gasteiger partial charge in [0.15, 0.2) is 0 Å². The van der Waals surface area contributed by atoms with Gasteiger partial charge in [0.05, 0.1) is 26.1 Å². The van der Waals surface area contributed by atoms with Crippen molar-refractivity contribution < 1.29 is 24.2 Å². The second-order valence-corrected chi connectivity index (χ2v) is 5.42.